The molecule has 0 aliphatic rings. The van der Waals surface area contributed by atoms with Crippen LogP contribution in [0.5, 0.6) is 11.5 Å². The lowest BCUT2D eigenvalue weighted by Crippen LogP contribution is -2.11. The van der Waals surface area contributed by atoms with E-state index in [0.29, 0.717) is 52.0 Å². The Kier molecular flexibility index (Phi) is 11.7. The van der Waals surface area contributed by atoms with Crippen LogP contribution in [0.2, 0.25) is 0 Å². The molecule has 0 atom stereocenters. The number of fused-ring (bicyclic) bond motifs is 1. The summed E-state index contributed by atoms with van der Waals surface area (Å²) >= 11 is 0. The second-order valence-corrected chi connectivity index (χ2v) is 13.6. The number of anilines is 2. The Hall–Kier alpha value is -5.66. The van der Waals surface area contributed by atoms with Gasteiger partial charge in [0.25, 0.3) is 16.0 Å². The molecule has 5 aromatic carbocycles. The smallest absolute Gasteiger partial charge is 0.264 e. The van der Waals surface area contributed by atoms with E-state index in [9.17, 15) is 13.2 Å². The van der Waals surface area contributed by atoms with E-state index in [1.54, 1.807) is 36.4 Å². The summed E-state index contributed by atoms with van der Waals surface area (Å²) in [5.74, 6) is 0.408. The summed E-state index contributed by atoms with van der Waals surface area (Å²) in [6.07, 6.45) is 0.975. The van der Waals surface area contributed by atoms with Crippen LogP contribution in [0.25, 0.3) is 10.8 Å². The molecule has 0 aliphatic carbocycles. The van der Waals surface area contributed by atoms with Crippen molar-refractivity contribution in [3.05, 3.63) is 107 Å². The Labute approximate surface area is 297 Å². The number of nitrogen functional groups attached to an aromatic ring is 1. The summed E-state index contributed by atoms with van der Waals surface area (Å²) in [5.41, 5.74) is 12.3. The molecule has 0 saturated heterocycles. The van der Waals surface area contributed by atoms with Crippen molar-refractivity contribution in [2.75, 3.05) is 30.0 Å². The molecule has 264 valence electrons. The van der Waals surface area contributed by atoms with Gasteiger partial charge in [-0.15, -0.1) is 5.11 Å². The lowest BCUT2D eigenvalue weighted by Gasteiger charge is -2.11. The maximum absolute atomic E-state index is 13.0. The number of ether oxygens (including phenoxy) is 2. The number of nitrogens with one attached hydrogen (secondary N) is 1. The van der Waals surface area contributed by atoms with Gasteiger partial charge in [-0.25, -0.2) is 0 Å². The quantitative estimate of drug-likeness (QED) is 0.0445. The summed E-state index contributed by atoms with van der Waals surface area (Å²) in [7, 11) is -4.13. The molecule has 0 bridgehead atoms. The van der Waals surface area contributed by atoms with Gasteiger partial charge in [-0.3, -0.25) is 9.35 Å². The Morgan fingerprint density at radius 1 is 0.765 bits per heavy atom. The maximum atomic E-state index is 13.0. The maximum Gasteiger partial charge on any atom is 0.264 e. The lowest BCUT2D eigenvalue weighted by molar-refractivity contribution is 0.102. The monoisotopic (exact) mass is 708 g/mol. The van der Waals surface area contributed by atoms with E-state index in [-0.39, 0.29) is 18.9 Å². The molecule has 13 heteroatoms. The standard InChI is InChI=1S/C38H40N6O6S/c1-5-16-49-36-9-6-8-28-22-30(14-15-31(28)36)40-38(45)27-10-12-29(13-11-27)41-42-34-23-37(50-17-7-18-51(46,47)48)35(21-26(34)4)44-43-33-20-24(2)32(39)19-25(33)3/h6,8-15,19-23H,5,7,16-18,39H2,1-4H3,(H,40,45)(H,46,47,48). The van der Waals surface area contributed by atoms with E-state index >= 15 is 0 Å². The highest BCUT2D eigenvalue weighted by atomic mass is 32.2. The van der Waals surface area contributed by atoms with Crippen molar-refractivity contribution in [2.24, 2.45) is 20.5 Å². The average molecular weight is 709 g/mol. The number of nitrogens with zero attached hydrogens (tertiary/aromatic N) is 4. The van der Waals surface area contributed by atoms with Crippen molar-refractivity contribution in [3.8, 4) is 11.5 Å². The first-order chi connectivity index (χ1) is 24.4. The van der Waals surface area contributed by atoms with Gasteiger partial charge in [0.15, 0.2) is 0 Å². The Morgan fingerprint density at radius 2 is 1.43 bits per heavy atom. The molecule has 0 unspecified atom stereocenters. The van der Waals surface area contributed by atoms with Crippen LogP contribution in [0.15, 0.2) is 105 Å². The van der Waals surface area contributed by atoms with Crippen LogP contribution in [0, 0.1) is 20.8 Å². The summed E-state index contributed by atoms with van der Waals surface area (Å²) in [6.45, 7) is 8.30. The molecule has 12 nitrogen and oxygen atoms in total. The number of aryl methyl sites for hydroxylation is 3. The van der Waals surface area contributed by atoms with Crippen LogP contribution >= 0.6 is 0 Å². The van der Waals surface area contributed by atoms with Gasteiger partial charge >= 0.3 is 0 Å². The number of amides is 1. The van der Waals surface area contributed by atoms with Gasteiger partial charge in [0.2, 0.25) is 0 Å². The fourth-order valence-electron chi connectivity index (χ4n) is 5.09. The number of carbonyl (C=O) groups is 1. The third kappa shape index (κ3) is 9.96. The number of rotatable bonds is 14. The van der Waals surface area contributed by atoms with Crippen molar-refractivity contribution in [1.29, 1.82) is 0 Å². The highest BCUT2D eigenvalue weighted by Crippen LogP contribution is 2.38. The highest BCUT2D eigenvalue weighted by molar-refractivity contribution is 7.85. The molecule has 51 heavy (non-hydrogen) atoms. The second kappa shape index (κ2) is 16.4. The van der Waals surface area contributed by atoms with Crippen LogP contribution < -0.4 is 20.5 Å². The van der Waals surface area contributed by atoms with Crippen molar-refractivity contribution >= 4 is 60.9 Å². The van der Waals surface area contributed by atoms with E-state index in [4.69, 9.17) is 19.8 Å². The lowest BCUT2D eigenvalue weighted by atomic mass is 10.1. The topological polar surface area (TPSA) is 177 Å². The molecule has 5 rings (SSSR count). The predicted octanol–water partition coefficient (Wildman–Crippen LogP) is 9.88. The van der Waals surface area contributed by atoms with Gasteiger partial charge in [0.1, 0.15) is 17.2 Å². The summed E-state index contributed by atoms with van der Waals surface area (Å²) in [6, 6.07) is 25.3. The molecule has 5 aromatic rings. The summed E-state index contributed by atoms with van der Waals surface area (Å²) in [4.78, 5) is 13.0. The minimum absolute atomic E-state index is 0.000890. The van der Waals surface area contributed by atoms with Crippen molar-refractivity contribution < 1.29 is 27.2 Å². The fourth-order valence-corrected chi connectivity index (χ4v) is 5.57. The van der Waals surface area contributed by atoms with Crippen LogP contribution in [0.3, 0.4) is 0 Å². The summed E-state index contributed by atoms with van der Waals surface area (Å²) in [5, 5.41) is 22.5. The molecule has 0 radical (unpaired) electrons. The number of nitrogens with two attached hydrogens (primary N) is 1. The van der Waals surface area contributed by atoms with E-state index in [1.807, 2.05) is 69.3 Å². The molecule has 0 aromatic heterocycles. The van der Waals surface area contributed by atoms with Crippen molar-refractivity contribution in [1.82, 2.24) is 0 Å². The fraction of sp³-hybridized carbons (Fsp3) is 0.237. The molecular formula is C38H40N6O6S. The molecule has 0 spiro atoms. The van der Waals surface area contributed by atoms with Gasteiger partial charge in [-0.05, 0) is 122 Å². The molecule has 0 heterocycles. The largest absolute Gasteiger partial charge is 0.493 e. The molecule has 0 aliphatic heterocycles. The highest BCUT2D eigenvalue weighted by Gasteiger charge is 2.13. The Balaban J connectivity index is 1.31. The first-order valence-corrected chi connectivity index (χ1v) is 18.0. The number of benzene rings is 5. The number of azo groups is 2. The van der Waals surface area contributed by atoms with Crippen LogP contribution in [-0.2, 0) is 10.1 Å². The number of carbonyl (C=O) groups excluding carboxylic acids is 1. The van der Waals surface area contributed by atoms with E-state index < -0.39 is 15.9 Å². The third-order valence-electron chi connectivity index (χ3n) is 7.89. The van der Waals surface area contributed by atoms with Gasteiger partial charge in [-0.1, -0.05) is 19.1 Å². The zero-order chi connectivity index (χ0) is 36.5. The van der Waals surface area contributed by atoms with Crippen molar-refractivity contribution in [2.45, 2.75) is 40.5 Å². The van der Waals surface area contributed by atoms with E-state index in [0.717, 1.165) is 39.6 Å². The minimum Gasteiger partial charge on any atom is -0.493 e. The van der Waals surface area contributed by atoms with E-state index in [1.165, 1.54) is 0 Å². The van der Waals surface area contributed by atoms with E-state index in [2.05, 4.69) is 32.7 Å². The van der Waals surface area contributed by atoms with Crippen LogP contribution in [-0.4, -0.2) is 37.8 Å². The second-order valence-electron chi connectivity index (χ2n) is 12.0. The Morgan fingerprint density at radius 3 is 2.18 bits per heavy atom. The number of hydrogen-bond donors (Lipinski definition) is 3. The van der Waals surface area contributed by atoms with Crippen molar-refractivity contribution in [3.63, 3.8) is 0 Å². The average Bonchev–Trinajstić information content (AvgIpc) is 3.09. The normalized spacial score (nSPS) is 11.8. The van der Waals surface area contributed by atoms with Gasteiger partial charge in [-0.2, -0.15) is 23.8 Å². The minimum atomic E-state index is -4.13. The summed E-state index contributed by atoms with van der Waals surface area (Å²) < 4.78 is 43.2. The molecule has 1 amide bonds. The molecule has 0 fully saturated rings. The SMILES string of the molecule is CCCOc1cccc2cc(NC(=O)c3ccc(N=Nc4cc(OCCCS(=O)(=O)O)c(N=Nc5cc(C)c(N)cc5C)cc4C)cc3)ccc12. The zero-order valence-electron chi connectivity index (χ0n) is 28.9. The third-order valence-corrected chi connectivity index (χ3v) is 8.70. The first-order valence-electron chi connectivity index (χ1n) is 16.4. The molecule has 0 saturated carbocycles. The predicted molar refractivity (Wildman–Crippen MR) is 201 cm³/mol. The number of hydrogen-bond acceptors (Lipinski definition) is 10. The van der Waals surface area contributed by atoms with Gasteiger partial charge < -0.3 is 20.5 Å². The van der Waals surface area contributed by atoms with Gasteiger partial charge in [0, 0.05) is 28.4 Å². The Bertz CT molecular complexity index is 2220. The van der Waals surface area contributed by atoms with Crippen LogP contribution in [0.4, 0.5) is 34.1 Å². The zero-order valence-corrected chi connectivity index (χ0v) is 29.7. The van der Waals surface area contributed by atoms with Crippen LogP contribution in [0.1, 0.15) is 46.8 Å². The molecule has 4 N–H and O–H groups in total. The first kappa shape index (κ1) is 36.6. The molecular weight excluding hydrogens is 669 g/mol. The van der Waals surface area contributed by atoms with Gasteiger partial charge in [0.05, 0.1) is 36.0 Å².